The quantitative estimate of drug-likeness (QED) is 0.297. The second-order valence-corrected chi connectivity index (χ2v) is 8.18. The Balaban J connectivity index is 1.75. The topological polar surface area (TPSA) is 29.9 Å². The summed E-state index contributed by atoms with van der Waals surface area (Å²) in [6, 6.07) is 11.8. The lowest BCUT2D eigenvalue weighted by atomic mass is 9.82. The predicted octanol–water partition coefficient (Wildman–Crippen LogP) is 6.40. The summed E-state index contributed by atoms with van der Waals surface area (Å²) in [5.74, 6) is 0. The first-order chi connectivity index (χ1) is 18.6. The SMILES string of the molecule is [2H]C([2H])([2H])c1cc[n+](C)c(-c2c(C)ccc3c2oc2c4c(ccc23)C(C([2H])([2H])[2H])(C([2H])([2H])[2H])c2ccncc2-4)c1. The summed E-state index contributed by atoms with van der Waals surface area (Å²) in [4.78, 5) is 4.20. The van der Waals surface area contributed by atoms with Crippen LogP contribution >= 0.6 is 0 Å². The number of hydrogen-bond acceptors (Lipinski definition) is 2. The van der Waals surface area contributed by atoms with E-state index in [1.165, 1.54) is 18.5 Å². The maximum atomic E-state index is 8.45. The Morgan fingerprint density at radius 1 is 0.968 bits per heavy atom. The molecular formula is C28H25N2O+. The zero-order chi connectivity index (χ0) is 29.0. The molecule has 0 N–H and O–H groups in total. The lowest BCUT2D eigenvalue weighted by molar-refractivity contribution is -0.660. The van der Waals surface area contributed by atoms with Gasteiger partial charge in [-0.2, -0.15) is 0 Å². The van der Waals surface area contributed by atoms with E-state index in [-0.39, 0.29) is 16.7 Å². The molecule has 0 fully saturated rings. The van der Waals surface area contributed by atoms with Crippen LogP contribution in [-0.2, 0) is 12.5 Å². The molecule has 3 heterocycles. The van der Waals surface area contributed by atoms with Crippen LogP contribution in [0, 0.1) is 13.8 Å². The standard InChI is InChI=1S/C28H25N2O/c1-16-11-13-30(5)23(14-16)24-17(2)6-7-18-19-8-9-22-25(27(19)31-26(18)24)20-15-29-12-10-21(20)28(22,3)4/h6-15H,1-5H3/q+1/i1D3,3D3,4D3. The third-order valence-corrected chi connectivity index (χ3v) is 6.32. The number of pyridine rings is 2. The van der Waals surface area contributed by atoms with Gasteiger partial charge in [0.2, 0.25) is 5.69 Å². The largest absolute Gasteiger partial charge is 0.454 e. The molecule has 3 nitrogen and oxygen atoms in total. The number of furan rings is 1. The normalized spacial score (nSPS) is 19.7. The maximum absolute atomic E-state index is 8.45. The summed E-state index contributed by atoms with van der Waals surface area (Å²) in [5, 5.41) is 1.43. The van der Waals surface area contributed by atoms with Crippen LogP contribution in [0.4, 0.5) is 0 Å². The Hall–Kier alpha value is -3.46. The van der Waals surface area contributed by atoms with Crippen molar-refractivity contribution in [2.24, 2.45) is 7.05 Å². The Morgan fingerprint density at radius 3 is 2.58 bits per heavy atom. The van der Waals surface area contributed by atoms with Gasteiger partial charge in [0.05, 0.1) is 5.56 Å². The maximum Gasteiger partial charge on any atom is 0.216 e. The number of rotatable bonds is 1. The summed E-state index contributed by atoms with van der Waals surface area (Å²) in [6.45, 7) is -6.19. The van der Waals surface area contributed by atoms with Crippen LogP contribution in [0.1, 0.15) is 48.3 Å². The minimum atomic E-state index is -2.90. The van der Waals surface area contributed by atoms with Crippen molar-refractivity contribution in [1.29, 1.82) is 0 Å². The molecule has 6 rings (SSSR count). The van der Waals surface area contributed by atoms with E-state index in [0.717, 1.165) is 10.9 Å². The van der Waals surface area contributed by atoms with Gasteiger partial charge in [-0.25, -0.2) is 4.57 Å². The molecular weight excluding hydrogens is 380 g/mol. The van der Waals surface area contributed by atoms with Gasteiger partial charge in [0.15, 0.2) is 6.20 Å². The molecule has 152 valence electrons. The lowest BCUT2D eigenvalue weighted by Gasteiger charge is -2.20. The number of nitrogens with zero attached hydrogens (tertiary/aromatic N) is 2. The van der Waals surface area contributed by atoms with Gasteiger partial charge < -0.3 is 4.42 Å². The second-order valence-electron chi connectivity index (χ2n) is 8.18. The molecule has 0 atom stereocenters. The van der Waals surface area contributed by atoms with Crippen molar-refractivity contribution in [3.05, 3.63) is 83.3 Å². The molecule has 0 radical (unpaired) electrons. The highest BCUT2D eigenvalue weighted by Gasteiger charge is 2.38. The van der Waals surface area contributed by atoms with Crippen molar-refractivity contribution in [1.82, 2.24) is 4.98 Å². The first-order valence-electron chi connectivity index (χ1n) is 14.5. The van der Waals surface area contributed by atoms with Crippen LogP contribution in [0.15, 0.2) is 65.5 Å². The molecule has 0 saturated carbocycles. The average molecular weight is 415 g/mol. The van der Waals surface area contributed by atoms with Crippen molar-refractivity contribution >= 4 is 21.9 Å². The van der Waals surface area contributed by atoms with Crippen molar-refractivity contribution < 1.29 is 21.3 Å². The first kappa shape index (κ1) is 11.2. The zero-order valence-corrected chi connectivity index (χ0v) is 17.1. The molecule has 0 unspecified atom stereocenters. The molecule has 0 spiro atoms. The fourth-order valence-electron chi connectivity index (χ4n) is 4.78. The molecule has 1 aliphatic rings. The highest BCUT2D eigenvalue weighted by atomic mass is 16.3. The fraction of sp³-hybridized carbons (Fsp3) is 0.214. The summed E-state index contributed by atoms with van der Waals surface area (Å²) < 4.78 is 82.8. The molecule has 1 aliphatic carbocycles. The van der Waals surface area contributed by atoms with E-state index in [2.05, 4.69) is 4.98 Å². The minimum Gasteiger partial charge on any atom is -0.454 e. The Bertz CT molecular complexity index is 1830. The van der Waals surface area contributed by atoms with E-state index in [4.69, 9.17) is 16.8 Å². The lowest BCUT2D eigenvalue weighted by Crippen LogP contribution is -2.30. The smallest absolute Gasteiger partial charge is 0.216 e. The van der Waals surface area contributed by atoms with Gasteiger partial charge in [-0.3, -0.25) is 4.98 Å². The minimum absolute atomic E-state index is 0.148. The van der Waals surface area contributed by atoms with Crippen LogP contribution in [0.5, 0.6) is 0 Å². The predicted molar refractivity (Wildman–Crippen MR) is 125 cm³/mol. The van der Waals surface area contributed by atoms with E-state index < -0.39 is 26.0 Å². The number of aromatic nitrogens is 2. The Labute approximate surface area is 194 Å². The molecule has 3 aromatic heterocycles. The second kappa shape index (κ2) is 6.04. The third kappa shape index (κ3) is 2.35. The van der Waals surface area contributed by atoms with Crippen LogP contribution in [0.2, 0.25) is 0 Å². The van der Waals surface area contributed by atoms with Gasteiger partial charge >= 0.3 is 0 Å². The summed E-state index contributed by atoms with van der Waals surface area (Å²) >= 11 is 0. The van der Waals surface area contributed by atoms with Gasteiger partial charge in [-0.15, -0.1) is 0 Å². The van der Waals surface area contributed by atoms with E-state index in [1.54, 1.807) is 30.5 Å². The van der Waals surface area contributed by atoms with Gasteiger partial charge in [0.1, 0.15) is 18.2 Å². The highest BCUT2D eigenvalue weighted by molar-refractivity contribution is 6.14. The molecule has 3 heteroatoms. The average Bonchev–Trinajstić information content (AvgIpc) is 3.37. The first-order valence-corrected chi connectivity index (χ1v) is 10.0. The van der Waals surface area contributed by atoms with Gasteiger partial charge in [-0.1, -0.05) is 38.0 Å². The molecule has 31 heavy (non-hydrogen) atoms. The van der Waals surface area contributed by atoms with E-state index in [9.17, 15) is 0 Å². The number of benzene rings is 2. The summed E-state index contributed by atoms with van der Waals surface area (Å²) in [5.41, 5.74) is 2.07. The fourth-order valence-corrected chi connectivity index (χ4v) is 4.78. The van der Waals surface area contributed by atoms with Crippen molar-refractivity contribution in [2.45, 2.75) is 32.9 Å². The van der Waals surface area contributed by atoms with Crippen molar-refractivity contribution in [3.8, 4) is 22.4 Å². The Morgan fingerprint density at radius 2 is 1.77 bits per heavy atom. The number of hydrogen-bond donors (Lipinski definition) is 0. The molecule has 0 aliphatic heterocycles. The van der Waals surface area contributed by atoms with Crippen molar-refractivity contribution in [3.63, 3.8) is 0 Å². The van der Waals surface area contributed by atoms with Gasteiger partial charge in [0.25, 0.3) is 0 Å². The highest BCUT2D eigenvalue weighted by Crippen LogP contribution is 2.52. The van der Waals surface area contributed by atoms with E-state index >= 15 is 0 Å². The van der Waals surface area contributed by atoms with Gasteiger partial charge in [0, 0.05) is 64.2 Å². The molecule has 2 aromatic carbocycles. The number of fused-ring (bicyclic) bond motifs is 7. The monoisotopic (exact) mass is 414 g/mol. The van der Waals surface area contributed by atoms with Crippen LogP contribution in [0.25, 0.3) is 44.3 Å². The van der Waals surface area contributed by atoms with Crippen LogP contribution in [-0.4, -0.2) is 4.98 Å². The van der Waals surface area contributed by atoms with Gasteiger partial charge in [-0.05, 0) is 42.1 Å². The summed E-state index contributed by atoms with van der Waals surface area (Å²) in [6.07, 6.45) is 4.59. The zero-order valence-electron chi connectivity index (χ0n) is 26.1. The van der Waals surface area contributed by atoms with E-state index in [1.807, 2.05) is 30.7 Å². The molecule has 5 aromatic rings. The molecule has 0 amide bonds. The van der Waals surface area contributed by atoms with Crippen LogP contribution < -0.4 is 4.57 Å². The summed E-state index contributed by atoms with van der Waals surface area (Å²) in [7, 11) is 1.82. The van der Waals surface area contributed by atoms with Crippen LogP contribution in [0.3, 0.4) is 0 Å². The Kier molecular flexibility index (Phi) is 2.19. The van der Waals surface area contributed by atoms with Crippen molar-refractivity contribution in [2.75, 3.05) is 0 Å². The molecule has 0 bridgehead atoms. The molecule has 0 saturated heterocycles. The third-order valence-electron chi connectivity index (χ3n) is 6.32. The van der Waals surface area contributed by atoms with E-state index in [0.29, 0.717) is 38.9 Å². The number of aryl methyl sites for hydroxylation is 3.